The number of hydrogen-bond donors (Lipinski definition) is 2. The lowest BCUT2D eigenvalue weighted by Gasteiger charge is -2.11. The third kappa shape index (κ3) is 11.5. The highest BCUT2D eigenvalue weighted by atomic mass is 127. The monoisotopic (exact) mass is 460 g/mol. The minimum Gasteiger partial charge on any atom is -0.356 e. The van der Waals surface area contributed by atoms with Crippen LogP contribution in [0.1, 0.15) is 19.3 Å². The molecule has 0 saturated heterocycles. The molecular formula is C13H25IN4S3. The minimum atomic E-state index is 0. The molecule has 122 valence electrons. The molecule has 0 aliphatic carbocycles. The second-order valence-corrected chi connectivity index (χ2v) is 7.35. The fraction of sp³-hybridized carbons (Fsp3) is 0.692. The summed E-state index contributed by atoms with van der Waals surface area (Å²) < 4.78 is 1.15. The number of aromatic nitrogens is 1. The maximum Gasteiger partial charge on any atom is 0.190 e. The van der Waals surface area contributed by atoms with Crippen molar-refractivity contribution in [3.05, 3.63) is 11.6 Å². The van der Waals surface area contributed by atoms with Gasteiger partial charge in [-0.1, -0.05) is 11.8 Å². The van der Waals surface area contributed by atoms with Crippen LogP contribution in [0.3, 0.4) is 0 Å². The average Bonchev–Trinajstić information content (AvgIpc) is 2.97. The smallest absolute Gasteiger partial charge is 0.190 e. The first-order chi connectivity index (χ1) is 9.86. The van der Waals surface area contributed by atoms with Crippen LogP contribution in [0, 0.1) is 0 Å². The van der Waals surface area contributed by atoms with Gasteiger partial charge >= 0.3 is 0 Å². The Kier molecular flexibility index (Phi) is 15.5. The number of hydrogen-bond acceptors (Lipinski definition) is 5. The van der Waals surface area contributed by atoms with E-state index in [9.17, 15) is 0 Å². The molecule has 0 saturated carbocycles. The molecule has 0 spiro atoms. The largest absolute Gasteiger partial charge is 0.356 e. The van der Waals surface area contributed by atoms with E-state index in [0.717, 1.165) is 35.6 Å². The summed E-state index contributed by atoms with van der Waals surface area (Å²) in [5.74, 6) is 3.24. The van der Waals surface area contributed by atoms with Gasteiger partial charge in [-0.2, -0.15) is 11.8 Å². The summed E-state index contributed by atoms with van der Waals surface area (Å²) in [6, 6.07) is 0. The summed E-state index contributed by atoms with van der Waals surface area (Å²) in [7, 11) is 1.82. The Morgan fingerprint density at radius 2 is 2.00 bits per heavy atom. The van der Waals surface area contributed by atoms with Gasteiger partial charge in [-0.25, -0.2) is 4.98 Å². The number of nitrogens with zero attached hydrogens (tertiary/aromatic N) is 2. The summed E-state index contributed by atoms with van der Waals surface area (Å²) in [5, 5.41) is 8.71. The number of aliphatic imine (C=N–C) groups is 1. The van der Waals surface area contributed by atoms with Crippen molar-refractivity contribution in [1.82, 2.24) is 15.6 Å². The third-order valence-corrected chi connectivity index (χ3v) is 5.29. The Morgan fingerprint density at radius 1 is 1.24 bits per heavy atom. The van der Waals surface area contributed by atoms with Crippen LogP contribution in [0.4, 0.5) is 0 Å². The minimum absolute atomic E-state index is 0. The van der Waals surface area contributed by atoms with Crippen LogP contribution in [0.15, 0.2) is 20.9 Å². The summed E-state index contributed by atoms with van der Waals surface area (Å²) >= 11 is 5.43. The van der Waals surface area contributed by atoms with Gasteiger partial charge in [0.15, 0.2) is 5.96 Å². The number of thiazole rings is 1. The van der Waals surface area contributed by atoms with Crippen LogP contribution >= 0.6 is 58.8 Å². The molecule has 0 fully saturated rings. The van der Waals surface area contributed by atoms with Crippen LogP contribution < -0.4 is 10.6 Å². The molecule has 0 atom stereocenters. The van der Waals surface area contributed by atoms with E-state index in [-0.39, 0.29) is 24.0 Å². The number of nitrogens with one attached hydrogen (secondary N) is 2. The normalized spacial score (nSPS) is 11.0. The van der Waals surface area contributed by atoms with E-state index >= 15 is 0 Å². The molecule has 0 unspecified atom stereocenters. The van der Waals surface area contributed by atoms with Crippen molar-refractivity contribution in [2.45, 2.75) is 23.6 Å². The number of unbranched alkanes of at least 4 members (excludes halogenated alkanes) is 1. The van der Waals surface area contributed by atoms with Crippen LogP contribution in [-0.4, -0.2) is 48.8 Å². The Labute approximate surface area is 157 Å². The van der Waals surface area contributed by atoms with Gasteiger partial charge in [-0.3, -0.25) is 4.99 Å². The lowest BCUT2D eigenvalue weighted by atomic mass is 10.3. The van der Waals surface area contributed by atoms with Crippen molar-refractivity contribution in [2.24, 2.45) is 4.99 Å². The number of halogens is 1. The van der Waals surface area contributed by atoms with Gasteiger partial charge in [0.1, 0.15) is 4.34 Å². The summed E-state index contributed by atoms with van der Waals surface area (Å²) in [4.78, 5) is 8.48. The Balaban J connectivity index is 0.00000400. The SMILES string of the molecule is CN=C(NCCCCSC)NCCCSc1nccs1.I. The van der Waals surface area contributed by atoms with Gasteiger partial charge in [0.25, 0.3) is 0 Å². The maximum atomic E-state index is 4.25. The molecule has 0 aliphatic heterocycles. The first-order valence-corrected chi connectivity index (χ1v) is 10.1. The molecule has 8 heteroatoms. The highest BCUT2D eigenvalue weighted by molar-refractivity contribution is 14.0. The Bertz CT molecular complexity index is 360. The topological polar surface area (TPSA) is 49.3 Å². The number of thioether (sulfide) groups is 2. The highest BCUT2D eigenvalue weighted by Gasteiger charge is 1.98. The molecule has 4 nitrogen and oxygen atoms in total. The zero-order valence-corrected chi connectivity index (χ0v) is 17.4. The molecule has 0 aromatic carbocycles. The van der Waals surface area contributed by atoms with Gasteiger partial charge < -0.3 is 10.6 Å². The zero-order chi connectivity index (χ0) is 14.5. The molecule has 1 heterocycles. The van der Waals surface area contributed by atoms with Gasteiger partial charge in [-0.15, -0.1) is 35.3 Å². The van der Waals surface area contributed by atoms with Crippen molar-refractivity contribution in [3.63, 3.8) is 0 Å². The van der Waals surface area contributed by atoms with E-state index in [2.05, 4.69) is 26.9 Å². The van der Waals surface area contributed by atoms with Crippen LogP contribution in [0.2, 0.25) is 0 Å². The summed E-state index contributed by atoms with van der Waals surface area (Å²) in [5.41, 5.74) is 0. The molecular weight excluding hydrogens is 435 g/mol. The van der Waals surface area contributed by atoms with Gasteiger partial charge in [0.05, 0.1) is 0 Å². The van der Waals surface area contributed by atoms with Crippen molar-refractivity contribution >= 4 is 64.8 Å². The predicted molar refractivity (Wildman–Crippen MR) is 110 cm³/mol. The van der Waals surface area contributed by atoms with Gasteiger partial charge in [0.2, 0.25) is 0 Å². The fourth-order valence-corrected chi connectivity index (χ4v) is 3.66. The quantitative estimate of drug-likeness (QED) is 0.184. The molecule has 0 aliphatic rings. The van der Waals surface area contributed by atoms with E-state index in [4.69, 9.17) is 0 Å². The average molecular weight is 460 g/mol. The Hall–Kier alpha value is 0.330. The predicted octanol–water partition coefficient (Wildman–Crippen LogP) is 3.55. The molecule has 0 amide bonds. The number of rotatable bonds is 10. The van der Waals surface area contributed by atoms with Crippen molar-refractivity contribution in [2.75, 3.05) is 37.9 Å². The Morgan fingerprint density at radius 3 is 2.62 bits per heavy atom. The standard InChI is InChI=1S/C13H24N4S3.HI/c1-14-12(15-6-3-4-9-18-2)16-7-5-10-19-13-17-8-11-20-13;/h8,11H,3-7,9-10H2,1-2H3,(H2,14,15,16);1H. The lowest BCUT2D eigenvalue weighted by molar-refractivity contribution is 0.728. The van der Waals surface area contributed by atoms with E-state index in [0.29, 0.717) is 0 Å². The van der Waals surface area contributed by atoms with Crippen LogP contribution in [0.5, 0.6) is 0 Å². The second kappa shape index (κ2) is 15.2. The molecule has 1 aromatic rings. The molecule has 0 bridgehead atoms. The molecule has 0 radical (unpaired) electrons. The van der Waals surface area contributed by atoms with Crippen molar-refractivity contribution in [1.29, 1.82) is 0 Å². The zero-order valence-electron chi connectivity index (χ0n) is 12.6. The van der Waals surface area contributed by atoms with Gasteiger partial charge in [0, 0.05) is 37.5 Å². The maximum absolute atomic E-state index is 4.25. The van der Waals surface area contributed by atoms with E-state index < -0.39 is 0 Å². The third-order valence-electron chi connectivity index (χ3n) is 2.54. The molecule has 2 N–H and O–H groups in total. The van der Waals surface area contributed by atoms with Crippen molar-refractivity contribution in [3.8, 4) is 0 Å². The summed E-state index contributed by atoms with van der Waals surface area (Å²) in [6.07, 6.45) is 7.57. The first-order valence-electron chi connectivity index (χ1n) is 6.82. The van der Waals surface area contributed by atoms with Crippen LogP contribution in [0.25, 0.3) is 0 Å². The fourth-order valence-electron chi connectivity index (χ4n) is 1.52. The van der Waals surface area contributed by atoms with Crippen molar-refractivity contribution < 1.29 is 0 Å². The van der Waals surface area contributed by atoms with Crippen LogP contribution in [-0.2, 0) is 0 Å². The van der Waals surface area contributed by atoms with Gasteiger partial charge in [-0.05, 0) is 31.3 Å². The lowest BCUT2D eigenvalue weighted by Crippen LogP contribution is -2.38. The molecule has 1 rings (SSSR count). The highest BCUT2D eigenvalue weighted by Crippen LogP contribution is 2.20. The van der Waals surface area contributed by atoms with E-state index in [1.807, 2.05) is 42.1 Å². The summed E-state index contributed by atoms with van der Waals surface area (Å²) in [6.45, 7) is 1.94. The first kappa shape index (κ1) is 21.3. The van der Waals surface area contributed by atoms with E-state index in [1.165, 1.54) is 18.6 Å². The molecule has 1 aromatic heterocycles. The second-order valence-electron chi connectivity index (χ2n) is 4.13. The van der Waals surface area contributed by atoms with E-state index in [1.54, 1.807) is 11.3 Å². The molecule has 21 heavy (non-hydrogen) atoms. The number of guanidine groups is 1.